The summed E-state index contributed by atoms with van der Waals surface area (Å²) in [5.41, 5.74) is -1.24. The lowest BCUT2D eigenvalue weighted by Crippen LogP contribution is -2.70. The molecule has 0 amide bonds. The second-order valence-corrected chi connectivity index (χ2v) is 22.3. The van der Waals surface area contributed by atoms with Crippen molar-refractivity contribution in [1.29, 1.82) is 0 Å². The van der Waals surface area contributed by atoms with Crippen LogP contribution in [-0.2, 0) is 33.3 Å². The number of rotatable bonds is 8. The molecule has 5 aliphatic carbocycles. The molecule has 2 saturated heterocycles. The van der Waals surface area contributed by atoms with Crippen LogP contribution in [0.2, 0.25) is 0 Å². The van der Waals surface area contributed by atoms with E-state index in [4.69, 9.17) is 23.7 Å². The lowest BCUT2D eigenvalue weighted by molar-refractivity contribution is -0.325. The number of carboxylic acid groups (broad SMARTS) is 1. The van der Waals surface area contributed by atoms with Crippen LogP contribution >= 0.6 is 0 Å². The quantitative estimate of drug-likeness (QED) is 0.0755. The molecule has 2 heterocycles. The van der Waals surface area contributed by atoms with Crippen molar-refractivity contribution < 1.29 is 74.1 Å². The average molecular weight is 879 g/mol. The van der Waals surface area contributed by atoms with Crippen LogP contribution in [-0.4, -0.2) is 139 Å². The predicted molar refractivity (Wildman–Crippen MR) is 223 cm³/mol. The molecule has 7 aliphatic rings. The van der Waals surface area contributed by atoms with Gasteiger partial charge in [-0.3, -0.25) is 0 Å². The van der Waals surface area contributed by atoms with Crippen molar-refractivity contribution in [1.82, 2.24) is 0 Å². The number of carbonyl (C=O) groups excluding carboxylic acids is 1. The minimum atomic E-state index is -1.81. The Morgan fingerprint density at radius 2 is 1.44 bits per heavy atom. The van der Waals surface area contributed by atoms with E-state index in [9.17, 15) is 50.4 Å². The van der Waals surface area contributed by atoms with Crippen LogP contribution in [0.25, 0.3) is 0 Å². The number of ether oxygens (including phenoxy) is 5. The van der Waals surface area contributed by atoms with Crippen LogP contribution in [0.15, 0.2) is 23.3 Å². The molecule has 4 saturated carbocycles. The van der Waals surface area contributed by atoms with Crippen molar-refractivity contribution in [3.05, 3.63) is 23.3 Å². The number of fused-ring (bicyclic) bond motifs is 7. The van der Waals surface area contributed by atoms with Crippen LogP contribution < -0.4 is 0 Å². The Hall–Kier alpha value is -2.02. The Balaban J connectivity index is 1.23. The third-order valence-electron chi connectivity index (χ3n) is 18.2. The van der Waals surface area contributed by atoms with Gasteiger partial charge in [-0.15, -0.1) is 0 Å². The van der Waals surface area contributed by atoms with Crippen LogP contribution in [0.3, 0.4) is 0 Å². The molecule has 6 fully saturated rings. The van der Waals surface area contributed by atoms with E-state index in [0.29, 0.717) is 31.3 Å². The summed E-state index contributed by atoms with van der Waals surface area (Å²) in [6.45, 7) is 20.6. The highest BCUT2D eigenvalue weighted by atomic mass is 16.7. The van der Waals surface area contributed by atoms with Crippen LogP contribution in [0.5, 0.6) is 0 Å². The molecule has 8 N–H and O–H groups in total. The van der Waals surface area contributed by atoms with Crippen molar-refractivity contribution in [3.63, 3.8) is 0 Å². The van der Waals surface area contributed by atoms with Crippen molar-refractivity contribution in [2.75, 3.05) is 6.61 Å². The van der Waals surface area contributed by atoms with Gasteiger partial charge in [0, 0.05) is 5.57 Å². The Labute approximate surface area is 365 Å². The molecule has 0 aromatic carbocycles. The topological polar surface area (TPSA) is 242 Å². The van der Waals surface area contributed by atoms with Crippen LogP contribution in [0.1, 0.15) is 121 Å². The lowest BCUT2D eigenvalue weighted by atomic mass is 9.33. The van der Waals surface area contributed by atoms with Gasteiger partial charge in [-0.05, 0) is 117 Å². The summed E-state index contributed by atoms with van der Waals surface area (Å²) in [4.78, 5) is 25.5. The summed E-state index contributed by atoms with van der Waals surface area (Å²) in [5, 5.41) is 86.5. The zero-order valence-electron chi connectivity index (χ0n) is 38.2. The Morgan fingerprint density at radius 1 is 0.790 bits per heavy atom. The first-order valence-electron chi connectivity index (χ1n) is 22.8. The van der Waals surface area contributed by atoms with Gasteiger partial charge in [-0.25, -0.2) is 9.59 Å². The number of esters is 1. The molecule has 2 aliphatic heterocycles. The van der Waals surface area contributed by atoms with Crippen molar-refractivity contribution in [2.24, 2.45) is 50.2 Å². The Kier molecular flexibility index (Phi) is 12.7. The first kappa shape index (κ1) is 47.9. The van der Waals surface area contributed by atoms with Crippen molar-refractivity contribution in [3.8, 4) is 0 Å². The second kappa shape index (κ2) is 16.4. The molecule has 0 spiro atoms. The fraction of sp³-hybridized carbons (Fsp3) is 0.872. The van der Waals surface area contributed by atoms with Gasteiger partial charge >= 0.3 is 11.9 Å². The van der Waals surface area contributed by atoms with Gasteiger partial charge in [0.1, 0.15) is 42.7 Å². The van der Waals surface area contributed by atoms with E-state index >= 15 is 0 Å². The number of hydrogen-bond acceptors (Lipinski definition) is 14. The van der Waals surface area contributed by atoms with Crippen LogP contribution in [0, 0.1) is 50.2 Å². The van der Waals surface area contributed by atoms with E-state index < -0.39 is 108 Å². The third-order valence-corrected chi connectivity index (χ3v) is 18.2. The van der Waals surface area contributed by atoms with Crippen LogP contribution in [0.4, 0.5) is 0 Å². The maximum absolute atomic E-state index is 13.7. The van der Waals surface area contributed by atoms with Gasteiger partial charge in [0.2, 0.25) is 0 Å². The molecule has 62 heavy (non-hydrogen) atoms. The minimum Gasteiger partial charge on any atom is -0.479 e. The highest BCUT2D eigenvalue weighted by Crippen LogP contribution is 2.76. The number of aliphatic hydroxyl groups is 7. The van der Waals surface area contributed by atoms with E-state index in [0.717, 1.165) is 25.7 Å². The molecular weight excluding hydrogens is 805 g/mol. The molecule has 15 nitrogen and oxygen atoms in total. The number of hydrogen-bond donors (Lipinski definition) is 8. The van der Waals surface area contributed by atoms with E-state index in [-0.39, 0.29) is 40.6 Å². The SMILES string of the molecule is C/C=C(\C)C(=O)O[C@H]1CC(C)(C)C[C@H]2C3=CC[C@@H]4[C@@]5(C)CC[C@H](O[C@@H]6O[C@H](C(=O)O)[C@@H](O)[C@H](O)[C@H]6O)C(C)(C)[C@@H]5CC[C@@]4(C)[C@]3(C)C[C@H](O)[C@@]12CO[C@@H]1O[C@@H](C)[C@H](O)[C@@H](O)[C@H]1O. The number of allylic oxidation sites excluding steroid dienone is 3. The maximum Gasteiger partial charge on any atom is 0.335 e. The zero-order valence-corrected chi connectivity index (χ0v) is 38.2. The maximum atomic E-state index is 13.7. The van der Waals surface area contributed by atoms with E-state index in [1.165, 1.54) is 5.57 Å². The summed E-state index contributed by atoms with van der Waals surface area (Å²) >= 11 is 0. The molecule has 0 aromatic heterocycles. The normalized spacial score (nSPS) is 51.1. The largest absolute Gasteiger partial charge is 0.479 e. The Morgan fingerprint density at radius 3 is 2.08 bits per heavy atom. The molecule has 0 bridgehead atoms. The molecule has 0 aromatic rings. The lowest BCUT2D eigenvalue weighted by Gasteiger charge is -2.72. The zero-order chi connectivity index (χ0) is 45.9. The summed E-state index contributed by atoms with van der Waals surface area (Å²) < 4.78 is 30.8. The smallest absolute Gasteiger partial charge is 0.335 e. The molecular formula is C47H74O15. The summed E-state index contributed by atoms with van der Waals surface area (Å²) in [6, 6.07) is 0. The number of carbonyl (C=O) groups is 2. The van der Waals surface area contributed by atoms with E-state index in [1.54, 1.807) is 26.8 Å². The monoisotopic (exact) mass is 879 g/mol. The highest BCUT2D eigenvalue weighted by Gasteiger charge is 2.72. The summed E-state index contributed by atoms with van der Waals surface area (Å²) in [7, 11) is 0. The van der Waals surface area contributed by atoms with Gasteiger partial charge in [0.15, 0.2) is 18.7 Å². The third kappa shape index (κ3) is 7.26. The van der Waals surface area contributed by atoms with Crippen molar-refractivity contribution in [2.45, 2.75) is 200 Å². The molecule has 0 unspecified atom stereocenters. The van der Waals surface area contributed by atoms with Gasteiger partial charge < -0.3 is 64.5 Å². The van der Waals surface area contributed by atoms with E-state index in [2.05, 4.69) is 54.5 Å². The minimum absolute atomic E-state index is 0.134. The number of carboxylic acids is 1. The first-order valence-corrected chi connectivity index (χ1v) is 22.8. The second-order valence-electron chi connectivity index (χ2n) is 22.3. The molecule has 0 radical (unpaired) electrons. The van der Waals surface area contributed by atoms with Gasteiger partial charge in [-0.2, -0.15) is 0 Å². The summed E-state index contributed by atoms with van der Waals surface area (Å²) in [5.74, 6) is -1.91. The molecule has 7 rings (SSSR count). The standard InChI is InChI=1S/C47H74O15/c1-11-22(2)39(57)60-30-20-42(4,5)18-25-24-12-13-27-44(8)16-15-29(61-41-36(54)33(51)34(52)37(62-41)38(55)56)43(6,7)26(44)14-17-45(27,9)46(24,10)19-28(48)47(25,30)21-58-40-35(53)32(50)31(49)23(3)59-40/h11-12,23,25-37,40-41,48-54H,13-21H2,1-10H3,(H,55,56)/b22-11+/t23-,25-,26-,27+,28-,29-,30-,31-,32+,33-,34-,35+,36+,37-,40+,41+,44-,45+,46+,47-/m0/s1. The fourth-order valence-electron chi connectivity index (χ4n) is 14.3. The van der Waals surface area contributed by atoms with Gasteiger partial charge in [-0.1, -0.05) is 66.2 Å². The van der Waals surface area contributed by atoms with Gasteiger partial charge in [0.05, 0.1) is 30.3 Å². The molecule has 352 valence electrons. The first-order chi connectivity index (χ1) is 28.7. The fourth-order valence-corrected chi connectivity index (χ4v) is 14.3. The summed E-state index contributed by atoms with van der Waals surface area (Å²) in [6.07, 6.45) is -7.77. The predicted octanol–water partition coefficient (Wildman–Crippen LogP) is 3.37. The molecule has 20 atom stereocenters. The number of aliphatic carboxylic acids is 1. The Bertz CT molecular complexity index is 1780. The van der Waals surface area contributed by atoms with E-state index in [1.807, 2.05) is 0 Å². The van der Waals surface area contributed by atoms with Gasteiger partial charge in [0.25, 0.3) is 0 Å². The van der Waals surface area contributed by atoms with Crippen molar-refractivity contribution >= 4 is 11.9 Å². The number of aliphatic hydroxyl groups excluding tert-OH is 7. The highest BCUT2D eigenvalue weighted by molar-refractivity contribution is 5.87. The average Bonchev–Trinajstić information content (AvgIpc) is 3.18. The molecule has 15 heteroatoms.